The number of nitrogens with zero attached hydrogens (tertiary/aromatic N) is 1. The lowest BCUT2D eigenvalue weighted by Gasteiger charge is -2.47. The van der Waals surface area contributed by atoms with E-state index in [1.165, 1.54) is 7.11 Å². The van der Waals surface area contributed by atoms with E-state index in [1.54, 1.807) is 0 Å². The molecule has 1 aromatic rings. The Balaban J connectivity index is 1.88. The van der Waals surface area contributed by atoms with Gasteiger partial charge in [-0.05, 0) is 49.7 Å². The Morgan fingerprint density at radius 1 is 1.25 bits per heavy atom. The normalized spacial score (nSPS) is 29.4. The predicted molar refractivity (Wildman–Crippen MR) is 82.6 cm³/mol. The third-order valence-electron chi connectivity index (χ3n) is 5.13. The number of rotatable bonds is 3. The maximum atomic E-state index is 12.9. The summed E-state index contributed by atoms with van der Waals surface area (Å²) in [6.45, 7) is 0. The van der Waals surface area contributed by atoms with Gasteiger partial charge in [0.15, 0.2) is 0 Å². The highest BCUT2D eigenvalue weighted by atomic mass is 35.5. The van der Waals surface area contributed by atoms with Crippen LogP contribution in [-0.2, 0) is 15.7 Å². The lowest BCUT2D eigenvalue weighted by molar-refractivity contribution is -0.152. The average molecular weight is 363 g/mol. The molecule has 0 aromatic carbocycles. The van der Waals surface area contributed by atoms with Crippen molar-refractivity contribution in [1.29, 1.82) is 0 Å². The molecule has 2 atom stereocenters. The van der Waals surface area contributed by atoms with Gasteiger partial charge in [-0.3, -0.25) is 4.79 Å². The van der Waals surface area contributed by atoms with Crippen LogP contribution >= 0.6 is 11.6 Å². The molecule has 0 saturated heterocycles. The highest BCUT2D eigenvalue weighted by Gasteiger charge is 2.48. The predicted octanol–water partition coefficient (Wildman–Crippen LogP) is 4.14. The summed E-state index contributed by atoms with van der Waals surface area (Å²) in [6.07, 6.45) is -0.722. The molecule has 3 saturated carbocycles. The second kappa shape index (κ2) is 6.43. The SMILES string of the molecule is COC(=O)[C@H]1C2CCC(CC2)[C@@H]1Nc1cc(C(F)(F)F)cc(Cl)n1. The maximum Gasteiger partial charge on any atom is 0.416 e. The number of carbonyl (C=O) groups excluding carboxylic acids is 1. The van der Waals surface area contributed by atoms with Gasteiger partial charge in [0.05, 0.1) is 18.6 Å². The van der Waals surface area contributed by atoms with Crippen molar-refractivity contribution < 1.29 is 22.7 Å². The summed E-state index contributed by atoms with van der Waals surface area (Å²) in [5, 5.41) is 2.80. The number of carbonyl (C=O) groups is 1. The smallest absolute Gasteiger partial charge is 0.416 e. The number of nitrogens with one attached hydrogen (secondary N) is 1. The van der Waals surface area contributed by atoms with E-state index in [-0.39, 0.29) is 40.7 Å². The second-order valence-electron chi connectivity index (χ2n) is 6.46. The van der Waals surface area contributed by atoms with Gasteiger partial charge >= 0.3 is 12.1 Å². The Bertz CT molecular complexity index is 630. The van der Waals surface area contributed by atoms with Gasteiger partial charge in [-0.1, -0.05) is 11.6 Å². The van der Waals surface area contributed by atoms with Crippen LogP contribution in [0.1, 0.15) is 31.2 Å². The van der Waals surface area contributed by atoms with Gasteiger partial charge in [0, 0.05) is 6.04 Å². The number of halogens is 4. The molecule has 0 spiro atoms. The molecule has 132 valence electrons. The number of hydrogen-bond donors (Lipinski definition) is 1. The molecule has 0 radical (unpaired) electrons. The van der Waals surface area contributed by atoms with Crippen molar-refractivity contribution in [3.8, 4) is 0 Å². The summed E-state index contributed by atoms with van der Waals surface area (Å²) < 4.78 is 43.7. The van der Waals surface area contributed by atoms with E-state index in [0.29, 0.717) is 0 Å². The molecule has 24 heavy (non-hydrogen) atoms. The fraction of sp³-hybridized carbons (Fsp3) is 0.625. The molecular formula is C16H18ClF3N2O2. The lowest BCUT2D eigenvalue weighted by atomic mass is 9.61. The third kappa shape index (κ3) is 3.31. The summed E-state index contributed by atoms with van der Waals surface area (Å²) in [5.41, 5.74) is -0.861. The van der Waals surface area contributed by atoms with Crippen molar-refractivity contribution in [1.82, 2.24) is 4.98 Å². The summed E-state index contributed by atoms with van der Waals surface area (Å²) in [4.78, 5) is 16.1. The number of anilines is 1. The van der Waals surface area contributed by atoms with Crippen LogP contribution in [0.15, 0.2) is 12.1 Å². The first-order valence-corrected chi connectivity index (χ1v) is 8.26. The summed E-state index contributed by atoms with van der Waals surface area (Å²) in [5.74, 6) is -0.227. The van der Waals surface area contributed by atoms with E-state index in [2.05, 4.69) is 10.3 Å². The molecule has 3 aliphatic rings. The zero-order valence-electron chi connectivity index (χ0n) is 13.1. The van der Waals surface area contributed by atoms with Crippen LogP contribution in [0.25, 0.3) is 0 Å². The van der Waals surface area contributed by atoms with Crippen molar-refractivity contribution in [2.45, 2.75) is 37.9 Å². The zero-order chi connectivity index (χ0) is 17.5. The number of hydrogen-bond acceptors (Lipinski definition) is 4. The number of fused-ring (bicyclic) bond motifs is 3. The largest absolute Gasteiger partial charge is 0.469 e. The first kappa shape index (κ1) is 17.3. The molecular weight excluding hydrogens is 345 g/mol. The minimum atomic E-state index is -4.50. The van der Waals surface area contributed by atoms with E-state index in [4.69, 9.17) is 16.3 Å². The van der Waals surface area contributed by atoms with E-state index < -0.39 is 11.7 Å². The number of aromatic nitrogens is 1. The summed E-state index contributed by atoms with van der Waals surface area (Å²) in [7, 11) is 1.33. The number of alkyl halides is 3. The van der Waals surface area contributed by atoms with Crippen LogP contribution in [0.2, 0.25) is 5.15 Å². The van der Waals surface area contributed by atoms with Crippen LogP contribution < -0.4 is 5.32 Å². The summed E-state index contributed by atoms with van der Waals surface area (Å²) in [6, 6.07) is 1.44. The quantitative estimate of drug-likeness (QED) is 0.648. The molecule has 0 amide bonds. The van der Waals surface area contributed by atoms with Crippen molar-refractivity contribution in [3.63, 3.8) is 0 Å². The van der Waals surface area contributed by atoms with Gasteiger partial charge in [0.2, 0.25) is 0 Å². The standard InChI is InChI=1S/C16H18ClF3N2O2/c1-24-15(23)13-8-2-4-9(5-3-8)14(13)22-12-7-10(16(18,19)20)6-11(17)21-12/h6-9,13-14H,2-5H2,1H3,(H,21,22)/t8?,9?,13-,14-/m0/s1. The fourth-order valence-corrected chi connectivity index (χ4v) is 4.25. The van der Waals surface area contributed by atoms with Crippen molar-refractivity contribution >= 4 is 23.4 Å². The highest BCUT2D eigenvalue weighted by Crippen LogP contribution is 2.46. The zero-order valence-corrected chi connectivity index (χ0v) is 13.8. The third-order valence-corrected chi connectivity index (χ3v) is 5.32. The number of esters is 1. The van der Waals surface area contributed by atoms with Gasteiger partial charge < -0.3 is 10.1 Å². The molecule has 1 heterocycles. The van der Waals surface area contributed by atoms with Crippen LogP contribution in [0, 0.1) is 17.8 Å². The first-order valence-electron chi connectivity index (χ1n) is 7.88. The van der Waals surface area contributed by atoms with Crippen LogP contribution in [-0.4, -0.2) is 24.1 Å². The Hall–Kier alpha value is -1.50. The fourth-order valence-electron chi connectivity index (χ4n) is 4.04. The highest BCUT2D eigenvalue weighted by molar-refractivity contribution is 6.29. The molecule has 0 aliphatic heterocycles. The Labute approximate surface area is 142 Å². The van der Waals surface area contributed by atoms with E-state index >= 15 is 0 Å². The molecule has 3 fully saturated rings. The monoisotopic (exact) mass is 362 g/mol. The molecule has 2 bridgehead atoms. The molecule has 4 rings (SSSR count). The maximum absolute atomic E-state index is 12.9. The Kier molecular flexibility index (Phi) is 4.64. The molecule has 3 aliphatic carbocycles. The number of ether oxygens (including phenoxy) is 1. The molecule has 8 heteroatoms. The summed E-state index contributed by atoms with van der Waals surface area (Å²) >= 11 is 5.74. The van der Waals surface area contributed by atoms with Gasteiger partial charge in [0.25, 0.3) is 0 Å². The lowest BCUT2D eigenvalue weighted by Crippen LogP contribution is -2.51. The van der Waals surface area contributed by atoms with E-state index in [9.17, 15) is 18.0 Å². The average Bonchev–Trinajstić information content (AvgIpc) is 2.54. The molecule has 1 N–H and O–H groups in total. The number of pyridine rings is 1. The van der Waals surface area contributed by atoms with E-state index in [1.807, 2.05) is 0 Å². The van der Waals surface area contributed by atoms with Crippen molar-refractivity contribution in [2.75, 3.05) is 12.4 Å². The molecule has 0 unspecified atom stereocenters. The van der Waals surface area contributed by atoms with Crippen LogP contribution in [0.3, 0.4) is 0 Å². The van der Waals surface area contributed by atoms with Crippen LogP contribution in [0.4, 0.5) is 19.0 Å². The Morgan fingerprint density at radius 3 is 2.46 bits per heavy atom. The molecule has 1 aromatic heterocycles. The van der Waals surface area contributed by atoms with Gasteiger partial charge in [-0.15, -0.1) is 0 Å². The number of methoxy groups -OCH3 is 1. The van der Waals surface area contributed by atoms with E-state index in [0.717, 1.165) is 37.8 Å². The van der Waals surface area contributed by atoms with Crippen LogP contribution in [0.5, 0.6) is 0 Å². The second-order valence-corrected chi connectivity index (χ2v) is 6.84. The van der Waals surface area contributed by atoms with Gasteiger partial charge in [-0.2, -0.15) is 13.2 Å². The van der Waals surface area contributed by atoms with Crippen molar-refractivity contribution in [2.24, 2.45) is 17.8 Å². The topological polar surface area (TPSA) is 51.2 Å². The van der Waals surface area contributed by atoms with Crippen molar-refractivity contribution in [3.05, 3.63) is 22.8 Å². The first-order chi connectivity index (χ1) is 11.3. The minimum absolute atomic E-state index is 0.0429. The van der Waals surface area contributed by atoms with Gasteiger partial charge in [-0.25, -0.2) is 4.98 Å². The van der Waals surface area contributed by atoms with Gasteiger partial charge in [0.1, 0.15) is 11.0 Å². The minimum Gasteiger partial charge on any atom is -0.469 e. The molecule has 4 nitrogen and oxygen atoms in total. The Morgan fingerprint density at radius 2 is 1.88 bits per heavy atom.